The van der Waals surface area contributed by atoms with E-state index < -0.39 is 0 Å². The molecule has 4 N–H and O–H groups in total. The van der Waals surface area contributed by atoms with E-state index in [4.69, 9.17) is 0 Å². The van der Waals surface area contributed by atoms with Gasteiger partial charge in [0, 0.05) is 5.56 Å². The zero-order valence-electron chi connectivity index (χ0n) is 12.4. The molecule has 0 saturated heterocycles. The van der Waals surface area contributed by atoms with Crippen LogP contribution in [0.1, 0.15) is 12.5 Å². The molecular weight excluding hydrogens is 297 g/mol. The van der Waals surface area contributed by atoms with Crippen molar-refractivity contribution in [2.75, 3.05) is 10.0 Å². The van der Waals surface area contributed by atoms with Gasteiger partial charge in [-0.3, -0.25) is 5.01 Å². The summed E-state index contributed by atoms with van der Waals surface area (Å²) in [6, 6.07) is 13.9. The summed E-state index contributed by atoms with van der Waals surface area (Å²) < 4.78 is 13.1. The van der Waals surface area contributed by atoms with E-state index >= 15 is 0 Å². The van der Waals surface area contributed by atoms with E-state index in [-0.39, 0.29) is 17.2 Å². The predicted octanol–water partition coefficient (Wildman–Crippen LogP) is 2.89. The standard InChI is InChI=1S/C17H14FN3O.H2O/c1-11-10-12-4-2-3-5-15(12)21-16(11)17(22)20(19-21)14-8-6-13(18)7-9-14;/h2-10,19,22H,1H3;1H2. The number of benzene rings is 2. The number of rotatable bonds is 1. The molecule has 6 heteroatoms. The summed E-state index contributed by atoms with van der Waals surface area (Å²) in [5.74, 6) is -0.218. The maximum absolute atomic E-state index is 13.1. The highest BCUT2D eigenvalue weighted by Gasteiger charge is 2.34. The SMILES string of the molecule is CC1=Cc2ccccc2N2NN(c3ccc(F)cc3)C(O)=C12.O. The molecule has 2 aromatic rings. The highest BCUT2D eigenvalue weighted by atomic mass is 19.1. The number of aliphatic hydroxyl groups excluding tert-OH is 1. The van der Waals surface area contributed by atoms with Crippen LogP contribution >= 0.6 is 0 Å². The molecular formula is C17H16FN3O2. The van der Waals surface area contributed by atoms with Gasteiger partial charge >= 0.3 is 0 Å². The Balaban J connectivity index is 0.00000156. The minimum Gasteiger partial charge on any atom is -0.492 e. The average molecular weight is 313 g/mol. The number of nitrogens with one attached hydrogen (secondary N) is 1. The van der Waals surface area contributed by atoms with Crippen LogP contribution in [-0.4, -0.2) is 10.6 Å². The van der Waals surface area contributed by atoms with E-state index in [1.165, 1.54) is 17.1 Å². The summed E-state index contributed by atoms with van der Waals surface area (Å²) >= 11 is 0. The highest BCUT2D eigenvalue weighted by molar-refractivity contribution is 5.81. The third-order valence-electron chi connectivity index (χ3n) is 3.86. The van der Waals surface area contributed by atoms with Gasteiger partial charge in [-0.1, -0.05) is 18.2 Å². The van der Waals surface area contributed by atoms with Crippen molar-refractivity contribution in [3.8, 4) is 0 Å². The van der Waals surface area contributed by atoms with Crippen molar-refractivity contribution in [1.29, 1.82) is 0 Å². The summed E-state index contributed by atoms with van der Waals surface area (Å²) in [6.45, 7) is 1.95. The van der Waals surface area contributed by atoms with E-state index in [9.17, 15) is 9.50 Å². The van der Waals surface area contributed by atoms with Crippen LogP contribution in [0.3, 0.4) is 0 Å². The summed E-state index contributed by atoms with van der Waals surface area (Å²) in [5.41, 5.74) is 7.48. The minimum absolute atomic E-state index is 0. The number of anilines is 2. The number of halogens is 1. The van der Waals surface area contributed by atoms with Gasteiger partial charge in [-0.2, -0.15) is 0 Å². The lowest BCUT2D eigenvalue weighted by atomic mass is 10.0. The maximum Gasteiger partial charge on any atom is 0.234 e. The normalized spacial score (nSPS) is 15.8. The van der Waals surface area contributed by atoms with Gasteiger partial charge in [-0.05, 0) is 48.9 Å². The molecule has 4 rings (SSSR count). The van der Waals surface area contributed by atoms with Crippen LogP contribution in [-0.2, 0) is 0 Å². The molecule has 118 valence electrons. The molecule has 2 aromatic carbocycles. The quantitative estimate of drug-likeness (QED) is 0.849. The second-order valence-corrected chi connectivity index (χ2v) is 5.31. The topological polar surface area (TPSA) is 70.2 Å². The van der Waals surface area contributed by atoms with Crippen molar-refractivity contribution in [3.05, 3.63) is 77.1 Å². The molecule has 0 atom stereocenters. The van der Waals surface area contributed by atoms with Gasteiger partial charge in [0.15, 0.2) is 0 Å². The van der Waals surface area contributed by atoms with Gasteiger partial charge in [0.1, 0.15) is 11.5 Å². The third kappa shape index (κ3) is 2.25. The fraction of sp³-hybridized carbons (Fsp3) is 0.0588. The lowest BCUT2D eigenvalue weighted by molar-refractivity contribution is 0.388. The van der Waals surface area contributed by atoms with Crippen LogP contribution in [0.15, 0.2) is 65.7 Å². The van der Waals surface area contributed by atoms with Crippen LogP contribution in [0.2, 0.25) is 0 Å². The van der Waals surface area contributed by atoms with Crippen LogP contribution in [0, 0.1) is 5.82 Å². The lowest BCUT2D eigenvalue weighted by Gasteiger charge is -2.28. The van der Waals surface area contributed by atoms with Crippen molar-refractivity contribution < 1.29 is 15.0 Å². The molecule has 0 aromatic heterocycles. The number of hydrogen-bond donors (Lipinski definition) is 2. The highest BCUT2D eigenvalue weighted by Crippen LogP contribution is 2.39. The van der Waals surface area contributed by atoms with Crippen molar-refractivity contribution in [2.45, 2.75) is 6.92 Å². The summed E-state index contributed by atoms with van der Waals surface area (Å²) in [7, 11) is 0. The number of aliphatic hydroxyl groups is 1. The third-order valence-corrected chi connectivity index (χ3v) is 3.86. The zero-order valence-corrected chi connectivity index (χ0v) is 12.4. The monoisotopic (exact) mass is 313 g/mol. The Bertz CT molecular complexity index is 815. The first-order chi connectivity index (χ1) is 10.6. The van der Waals surface area contributed by atoms with Gasteiger partial charge in [0.2, 0.25) is 5.88 Å². The van der Waals surface area contributed by atoms with E-state index in [2.05, 4.69) is 5.53 Å². The summed E-state index contributed by atoms with van der Waals surface area (Å²) in [5, 5.41) is 13.9. The van der Waals surface area contributed by atoms with Crippen LogP contribution < -0.4 is 15.6 Å². The Labute approximate surface area is 132 Å². The van der Waals surface area contributed by atoms with Gasteiger partial charge < -0.3 is 10.6 Å². The molecule has 2 aliphatic heterocycles. The van der Waals surface area contributed by atoms with Crippen molar-refractivity contribution >= 4 is 17.5 Å². The number of hydrazine groups is 2. The average Bonchev–Trinajstić information content (AvgIpc) is 2.87. The van der Waals surface area contributed by atoms with E-state index in [0.717, 1.165) is 16.8 Å². The number of allylic oxidation sites excluding steroid dienone is 1. The van der Waals surface area contributed by atoms with Crippen molar-refractivity contribution in [3.63, 3.8) is 0 Å². The first kappa shape index (κ1) is 15.1. The van der Waals surface area contributed by atoms with Crippen LogP contribution in [0.25, 0.3) is 6.08 Å². The Morgan fingerprint density at radius 2 is 1.70 bits per heavy atom. The molecule has 0 fully saturated rings. The summed E-state index contributed by atoms with van der Waals surface area (Å²) in [6.07, 6.45) is 2.03. The van der Waals surface area contributed by atoms with Crippen LogP contribution in [0.4, 0.5) is 15.8 Å². The van der Waals surface area contributed by atoms with Gasteiger partial charge in [0.05, 0.1) is 11.4 Å². The molecule has 0 amide bonds. The molecule has 0 spiro atoms. The lowest BCUT2D eigenvalue weighted by Crippen LogP contribution is -2.42. The molecule has 5 nitrogen and oxygen atoms in total. The van der Waals surface area contributed by atoms with Crippen molar-refractivity contribution in [1.82, 2.24) is 5.53 Å². The Morgan fingerprint density at radius 1 is 1.00 bits per heavy atom. The number of nitrogens with zero attached hydrogens (tertiary/aromatic N) is 2. The van der Waals surface area contributed by atoms with E-state index in [1.54, 1.807) is 12.1 Å². The molecule has 2 heterocycles. The molecule has 0 unspecified atom stereocenters. The molecule has 0 bridgehead atoms. The molecule has 0 aliphatic carbocycles. The molecule has 2 aliphatic rings. The Morgan fingerprint density at radius 3 is 2.43 bits per heavy atom. The van der Waals surface area contributed by atoms with E-state index in [1.807, 2.05) is 42.3 Å². The smallest absolute Gasteiger partial charge is 0.234 e. The first-order valence-electron chi connectivity index (χ1n) is 6.98. The summed E-state index contributed by atoms with van der Waals surface area (Å²) in [4.78, 5) is 0. The zero-order chi connectivity index (χ0) is 15.3. The van der Waals surface area contributed by atoms with Gasteiger partial charge in [0.25, 0.3) is 0 Å². The Kier molecular flexibility index (Phi) is 3.55. The second kappa shape index (κ2) is 5.42. The number of hydrogen-bond acceptors (Lipinski definition) is 4. The molecule has 0 saturated carbocycles. The number of para-hydroxylation sites is 1. The number of fused-ring (bicyclic) bond motifs is 3. The fourth-order valence-corrected chi connectivity index (χ4v) is 2.82. The minimum atomic E-state index is -0.311. The second-order valence-electron chi connectivity index (χ2n) is 5.31. The largest absolute Gasteiger partial charge is 0.492 e. The first-order valence-corrected chi connectivity index (χ1v) is 6.98. The maximum atomic E-state index is 13.1. The van der Waals surface area contributed by atoms with Crippen LogP contribution in [0.5, 0.6) is 0 Å². The van der Waals surface area contributed by atoms with Crippen molar-refractivity contribution in [2.24, 2.45) is 0 Å². The fourth-order valence-electron chi connectivity index (χ4n) is 2.82. The molecule has 23 heavy (non-hydrogen) atoms. The Hall–Kier alpha value is -2.83. The van der Waals surface area contributed by atoms with Gasteiger partial charge in [-0.25, -0.2) is 9.40 Å². The predicted molar refractivity (Wildman–Crippen MR) is 87.9 cm³/mol. The van der Waals surface area contributed by atoms with Gasteiger partial charge in [-0.15, -0.1) is 5.53 Å². The molecule has 0 radical (unpaired) electrons. The van der Waals surface area contributed by atoms with E-state index in [0.29, 0.717) is 11.4 Å².